The van der Waals surface area contributed by atoms with E-state index in [0.717, 1.165) is 12.1 Å². The molecule has 0 unspecified atom stereocenters. The normalized spacial score (nSPS) is 31.5. The van der Waals surface area contributed by atoms with Crippen molar-refractivity contribution in [3.8, 4) is 40.1 Å². The van der Waals surface area contributed by atoms with Crippen LogP contribution in [0.5, 0.6) is 28.7 Å². The van der Waals surface area contributed by atoms with Gasteiger partial charge in [-0.15, -0.1) is 0 Å². The minimum Gasteiger partial charge on any atom is -0.507 e. The van der Waals surface area contributed by atoms with Gasteiger partial charge in [-0.25, -0.2) is 0 Å². The number of hydrogen-bond acceptors (Lipinski definition) is 17. The standard InChI is InChI=1S/C29H34O17/c1-40-16-3-10(4-17(41-2)21(16)34)14-7-13(33)20-12(32)5-11(6-15(20)43-14)42-28-26(39)24(37)27(19(9-31)45-28)46-29-25(38)23(36)22(35)18(8-30)44-29/h3-7,18-19,22-32,34-39H,8-9H2,1-2H3/t18-,19-,22-,23+,24-,25-,26-,27-,28-,29+/m1/s1. The van der Waals surface area contributed by atoms with Crippen molar-refractivity contribution < 1.29 is 78.8 Å². The molecule has 0 bridgehead atoms. The highest BCUT2D eigenvalue weighted by Crippen LogP contribution is 2.41. The highest BCUT2D eigenvalue weighted by Gasteiger charge is 2.51. The number of hydrogen-bond donors (Lipinski definition) is 9. The molecule has 252 valence electrons. The molecule has 0 aliphatic carbocycles. The minimum absolute atomic E-state index is 0.00329. The number of phenolic OH excluding ortho intramolecular Hbond substituents is 2. The Balaban J connectivity index is 1.40. The van der Waals surface area contributed by atoms with Crippen molar-refractivity contribution >= 4 is 11.0 Å². The molecular weight excluding hydrogens is 620 g/mol. The summed E-state index contributed by atoms with van der Waals surface area (Å²) in [6, 6.07) is 6.15. The Hall–Kier alpha value is -3.75. The summed E-state index contributed by atoms with van der Waals surface area (Å²) in [4.78, 5) is 13.0. The largest absolute Gasteiger partial charge is 0.507 e. The van der Waals surface area contributed by atoms with Crippen LogP contribution in [0.15, 0.2) is 39.5 Å². The van der Waals surface area contributed by atoms with Crippen molar-refractivity contribution in [1.82, 2.24) is 0 Å². The Labute approximate surface area is 259 Å². The van der Waals surface area contributed by atoms with E-state index in [-0.39, 0.29) is 45.3 Å². The van der Waals surface area contributed by atoms with Gasteiger partial charge < -0.3 is 78.8 Å². The molecule has 17 nitrogen and oxygen atoms in total. The van der Waals surface area contributed by atoms with E-state index in [4.69, 9.17) is 32.8 Å². The van der Waals surface area contributed by atoms with Crippen LogP contribution in [0.1, 0.15) is 0 Å². The van der Waals surface area contributed by atoms with Gasteiger partial charge in [-0.3, -0.25) is 4.79 Å². The lowest BCUT2D eigenvalue weighted by molar-refractivity contribution is -0.352. The maximum absolute atomic E-state index is 13.0. The average Bonchev–Trinajstić information content (AvgIpc) is 3.04. The van der Waals surface area contributed by atoms with Crippen molar-refractivity contribution in [2.75, 3.05) is 27.4 Å². The molecule has 9 N–H and O–H groups in total. The molecule has 0 amide bonds. The molecular formula is C29H34O17. The molecule has 2 aromatic carbocycles. The number of rotatable bonds is 9. The van der Waals surface area contributed by atoms with E-state index in [1.807, 2.05) is 0 Å². The summed E-state index contributed by atoms with van der Waals surface area (Å²) >= 11 is 0. The number of aromatic hydroxyl groups is 2. The molecule has 17 heteroatoms. The zero-order chi connectivity index (χ0) is 33.4. The smallest absolute Gasteiger partial charge is 0.229 e. The van der Waals surface area contributed by atoms with E-state index in [9.17, 15) is 50.8 Å². The van der Waals surface area contributed by atoms with Crippen LogP contribution >= 0.6 is 0 Å². The van der Waals surface area contributed by atoms with Gasteiger partial charge >= 0.3 is 0 Å². The van der Waals surface area contributed by atoms with Crippen LogP contribution in [0.25, 0.3) is 22.3 Å². The second kappa shape index (κ2) is 13.5. The van der Waals surface area contributed by atoms with Gasteiger partial charge in [0, 0.05) is 23.8 Å². The Kier molecular flexibility index (Phi) is 9.89. The number of ether oxygens (including phenoxy) is 6. The maximum Gasteiger partial charge on any atom is 0.229 e. The van der Waals surface area contributed by atoms with Crippen molar-refractivity contribution in [3.63, 3.8) is 0 Å². The molecule has 5 rings (SSSR count). The summed E-state index contributed by atoms with van der Waals surface area (Å²) < 4.78 is 38.3. The average molecular weight is 655 g/mol. The van der Waals surface area contributed by atoms with Crippen molar-refractivity contribution in [2.24, 2.45) is 0 Å². The molecule has 2 aliphatic rings. The molecule has 2 fully saturated rings. The third-order valence-corrected chi connectivity index (χ3v) is 7.76. The third-order valence-electron chi connectivity index (χ3n) is 7.76. The Morgan fingerprint density at radius 3 is 1.96 bits per heavy atom. The molecule has 46 heavy (non-hydrogen) atoms. The van der Waals surface area contributed by atoms with Crippen molar-refractivity contribution in [1.29, 1.82) is 0 Å². The summed E-state index contributed by atoms with van der Waals surface area (Å²) in [6.45, 7) is -1.54. The van der Waals surface area contributed by atoms with Gasteiger partial charge in [-0.2, -0.15) is 0 Å². The fourth-order valence-electron chi connectivity index (χ4n) is 5.28. The van der Waals surface area contributed by atoms with E-state index in [0.29, 0.717) is 0 Å². The van der Waals surface area contributed by atoms with Crippen LogP contribution in [-0.2, 0) is 14.2 Å². The minimum atomic E-state index is -1.87. The lowest BCUT2D eigenvalue weighted by Crippen LogP contribution is -2.65. The number of aliphatic hydroxyl groups excluding tert-OH is 7. The van der Waals surface area contributed by atoms with Gasteiger partial charge in [0.15, 0.2) is 23.2 Å². The Morgan fingerprint density at radius 2 is 1.35 bits per heavy atom. The monoisotopic (exact) mass is 654 g/mol. The van der Waals surface area contributed by atoms with E-state index in [1.54, 1.807) is 0 Å². The van der Waals surface area contributed by atoms with Gasteiger partial charge in [0.2, 0.25) is 12.0 Å². The number of fused-ring (bicyclic) bond motifs is 1. The van der Waals surface area contributed by atoms with Gasteiger partial charge in [0.25, 0.3) is 0 Å². The molecule has 3 aromatic rings. The molecule has 3 heterocycles. The van der Waals surface area contributed by atoms with Crippen LogP contribution in [0, 0.1) is 0 Å². The predicted octanol–water partition coefficient (Wildman–Crippen LogP) is -2.11. The number of phenols is 2. The summed E-state index contributed by atoms with van der Waals surface area (Å²) in [6.07, 6.45) is -16.7. The molecule has 2 saturated heterocycles. The number of methoxy groups -OCH3 is 2. The zero-order valence-electron chi connectivity index (χ0n) is 24.4. The number of aliphatic hydroxyl groups is 7. The fourth-order valence-corrected chi connectivity index (χ4v) is 5.28. The second-order valence-corrected chi connectivity index (χ2v) is 10.6. The Morgan fingerprint density at radius 1 is 0.739 bits per heavy atom. The number of benzene rings is 2. The highest BCUT2D eigenvalue weighted by molar-refractivity contribution is 5.86. The maximum atomic E-state index is 13.0. The van der Waals surface area contributed by atoms with Gasteiger partial charge in [-0.1, -0.05) is 0 Å². The predicted molar refractivity (Wildman–Crippen MR) is 151 cm³/mol. The molecule has 0 radical (unpaired) electrons. The first-order valence-corrected chi connectivity index (χ1v) is 13.9. The Bertz CT molecular complexity index is 1560. The summed E-state index contributed by atoms with van der Waals surface area (Å²) in [7, 11) is 2.64. The van der Waals surface area contributed by atoms with Gasteiger partial charge in [0.05, 0.1) is 27.4 Å². The van der Waals surface area contributed by atoms with Crippen LogP contribution < -0.4 is 19.6 Å². The van der Waals surface area contributed by atoms with E-state index >= 15 is 0 Å². The van der Waals surface area contributed by atoms with Crippen LogP contribution in [0.4, 0.5) is 0 Å². The molecule has 10 atom stereocenters. The summed E-state index contributed by atoms with van der Waals surface area (Å²) in [5.74, 6) is -0.948. The SMILES string of the molecule is COc1cc(-c2cc(=O)c3c(O)cc(O[C@@H]4O[C@H](CO)[C@@H](O[C@@H]5O[C@H](CO)[C@@H](O)[C@H](O)[C@H]5O)[C@H](O)[C@H]4O)cc3o2)cc(OC)c1O. The quantitative estimate of drug-likeness (QED) is 0.119. The topological polar surface area (TPSA) is 268 Å². The third kappa shape index (κ3) is 6.17. The first-order chi connectivity index (χ1) is 21.9. The highest BCUT2D eigenvalue weighted by atomic mass is 16.7. The van der Waals surface area contributed by atoms with Crippen LogP contribution in [-0.4, -0.2) is 135 Å². The molecule has 0 spiro atoms. The van der Waals surface area contributed by atoms with Crippen molar-refractivity contribution in [2.45, 2.75) is 61.4 Å². The van der Waals surface area contributed by atoms with E-state index in [2.05, 4.69) is 0 Å². The summed E-state index contributed by atoms with van der Waals surface area (Å²) in [5, 5.41) is 92.1. The van der Waals surface area contributed by atoms with Crippen molar-refractivity contribution in [3.05, 3.63) is 40.6 Å². The lowest BCUT2D eigenvalue weighted by atomic mass is 9.97. The zero-order valence-corrected chi connectivity index (χ0v) is 24.4. The molecule has 0 saturated carbocycles. The van der Waals surface area contributed by atoms with E-state index < -0.39 is 85.8 Å². The van der Waals surface area contributed by atoms with Crippen LogP contribution in [0.3, 0.4) is 0 Å². The van der Waals surface area contributed by atoms with Crippen LogP contribution in [0.2, 0.25) is 0 Å². The first-order valence-electron chi connectivity index (χ1n) is 13.9. The van der Waals surface area contributed by atoms with Gasteiger partial charge in [-0.05, 0) is 12.1 Å². The first kappa shape index (κ1) is 33.6. The van der Waals surface area contributed by atoms with E-state index in [1.165, 1.54) is 32.4 Å². The lowest BCUT2D eigenvalue weighted by Gasteiger charge is -2.45. The fraction of sp³-hybridized carbons (Fsp3) is 0.483. The second-order valence-electron chi connectivity index (χ2n) is 10.6. The summed E-state index contributed by atoms with van der Waals surface area (Å²) in [5.41, 5.74) is -0.511. The molecule has 2 aliphatic heterocycles. The van der Waals surface area contributed by atoms with Gasteiger partial charge in [0.1, 0.15) is 77.1 Å². The molecule has 1 aromatic heterocycles.